The monoisotopic (exact) mass is 530 g/mol. The van der Waals surface area contributed by atoms with E-state index >= 15 is 0 Å². The van der Waals surface area contributed by atoms with Crippen molar-refractivity contribution in [1.82, 2.24) is 14.9 Å². The Kier molecular flexibility index (Phi) is 7.83. The lowest BCUT2D eigenvalue weighted by molar-refractivity contribution is -0.113. The number of halogens is 1. The molecule has 9 heteroatoms. The van der Waals surface area contributed by atoms with E-state index in [9.17, 15) is 18.8 Å². The second kappa shape index (κ2) is 11.6. The number of carbonyl (C=O) groups excluding carboxylic acids is 2. The van der Waals surface area contributed by atoms with Crippen LogP contribution in [0.4, 0.5) is 10.1 Å². The van der Waals surface area contributed by atoms with Gasteiger partial charge in [-0.3, -0.25) is 19.0 Å². The van der Waals surface area contributed by atoms with Gasteiger partial charge in [0.05, 0.1) is 28.9 Å². The average Bonchev–Trinajstić information content (AvgIpc) is 3.44. The second-order valence-electron chi connectivity index (χ2n) is 9.27. The average molecular weight is 531 g/mol. The van der Waals surface area contributed by atoms with Crippen LogP contribution in [0.2, 0.25) is 0 Å². The Morgan fingerprint density at radius 2 is 1.68 bits per heavy atom. The van der Waals surface area contributed by atoms with E-state index < -0.39 is 11.7 Å². The number of fused-ring (bicyclic) bond motifs is 1. The van der Waals surface area contributed by atoms with E-state index in [1.54, 1.807) is 48.5 Å². The molecule has 0 spiro atoms. The number of nitrogens with zero attached hydrogens (tertiary/aromatic N) is 2. The Hall–Kier alpha value is -3.98. The summed E-state index contributed by atoms with van der Waals surface area (Å²) in [4.78, 5) is 43.2. The van der Waals surface area contributed by atoms with Gasteiger partial charge in [0, 0.05) is 11.6 Å². The molecule has 0 bridgehead atoms. The van der Waals surface area contributed by atoms with Crippen LogP contribution in [-0.4, -0.2) is 33.2 Å². The molecule has 3 aromatic carbocycles. The molecule has 1 heterocycles. The Morgan fingerprint density at radius 1 is 0.974 bits per heavy atom. The molecule has 38 heavy (non-hydrogen) atoms. The number of aromatic nitrogens is 2. The minimum absolute atomic E-state index is 0.0562. The van der Waals surface area contributed by atoms with Crippen molar-refractivity contribution >= 4 is 40.2 Å². The topological polar surface area (TPSA) is 93.1 Å². The van der Waals surface area contributed by atoms with E-state index in [0.29, 0.717) is 21.6 Å². The number of nitrogens with one attached hydrogen (secondary N) is 2. The maximum absolute atomic E-state index is 13.9. The minimum Gasteiger partial charge on any atom is -0.349 e. The summed E-state index contributed by atoms with van der Waals surface area (Å²) in [6.07, 6.45) is 4.31. The first-order valence-corrected chi connectivity index (χ1v) is 13.5. The first-order chi connectivity index (χ1) is 18.5. The lowest BCUT2D eigenvalue weighted by Gasteiger charge is -2.14. The number of benzene rings is 3. The van der Waals surface area contributed by atoms with Crippen molar-refractivity contribution in [1.29, 1.82) is 0 Å². The molecule has 4 aromatic rings. The molecular weight excluding hydrogens is 503 g/mol. The van der Waals surface area contributed by atoms with Gasteiger partial charge in [0.25, 0.3) is 11.5 Å². The van der Waals surface area contributed by atoms with E-state index in [2.05, 4.69) is 15.6 Å². The molecule has 7 nitrogen and oxygen atoms in total. The lowest BCUT2D eigenvalue weighted by atomic mass is 10.1. The summed E-state index contributed by atoms with van der Waals surface area (Å²) < 4.78 is 15.4. The third kappa shape index (κ3) is 5.94. The van der Waals surface area contributed by atoms with Gasteiger partial charge in [-0.15, -0.1) is 0 Å². The number of rotatable bonds is 8. The third-order valence-electron chi connectivity index (χ3n) is 6.55. The van der Waals surface area contributed by atoms with Gasteiger partial charge in [0.1, 0.15) is 5.82 Å². The fraction of sp³-hybridized carbons (Fsp3) is 0.241. The SMILES string of the molecule is O=C(CSc1nc2ccccc2c(=O)n1Cc1ccc(C(=O)NC2CCCC2)cc1)Nc1ccccc1F. The van der Waals surface area contributed by atoms with E-state index in [1.165, 1.54) is 16.7 Å². The van der Waals surface area contributed by atoms with E-state index in [-0.39, 0.29) is 35.5 Å². The van der Waals surface area contributed by atoms with E-state index in [0.717, 1.165) is 43.0 Å². The summed E-state index contributed by atoms with van der Waals surface area (Å²) in [6, 6.07) is 20.4. The van der Waals surface area contributed by atoms with Crippen LogP contribution in [0.25, 0.3) is 10.9 Å². The Morgan fingerprint density at radius 3 is 2.45 bits per heavy atom. The predicted molar refractivity (Wildman–Crippen MR) is 147 cm³/mol. The van der Waals surface area contributed by atoms with Crippen molar-refractivity contribution in [3.05, 3.63) is 100 Å². The molecule has 0 saturated heterocycles. The van der Waals surface area contributed by atoms with Crippen molar-refractivity contribution in [3.63, 3.8) is 0 Å². The Bertz CT molecular complexity index is 1530. The van der Waals surface area contributed by atoms with E-state index in [4.69, 9.17) is 0 Å². The number of hydrogen-bond donors (Lipinski definition) is 2. The van der Waals surface area contributed by atoms with Crippen molar-refractivity contribution in [2.45, 2.75) is 43.4 Å². The van der Waals surface area contributed by atoms with Crippen molar-refractivity contribution in [2.75, 3.05) is 11.1 Å². The number of anilines is 1. The summed E-state index contributed by atoms with van der Waals surface area (Å²) in [6.45, 7) is 0.221. The third-order valence-corrected chi connectivity index (χ3v) is 7.53. The van der Waals surface area contributed by atoms with Crippen LogP contribution in [0.15, 0.2) is 82.7 Å². The first kappa shape index (κ1) is 25.7. The normalized spacial score (nSPS) is 13.5. The molecular formula is C29H27FN4O3S. The van der Waals surface area contributed by atoms with Gasteiger partial charge in [-0.05, 0) is 54.8 Å². The molecule has 1 fully saturated rings. The van der Waals surface area contributed by atoms with Gasteiger partial charge in [-0.25, -0.2) is 9.37 Å². The number of hydrogen-bond acceptors (Lipinski definition) is 5. The Labute approximate surface area is 223 Å². The zero-order chi connectivity index (χ0) is 26.5. The highest BCUT2D eigenvalue weighted by molar-refractivity contribution is 7.99. The summed E-state index contributed by atoms with van der Waals surface area (Å²) in [5.74, 6) is -1.08. The zero-order valence-corrected chi connectivity index (χ0v) is 21.5. The van der Waals surface area contributed by atoms with Gasteiger partial charge in [-0.1, -0.05) is 61.0 Å². The number of thioether (sulfide) groups is 1. The number of para-hydroxylation sites is 2. The van der Waals surface area contributed by atoms with Gasteiger partial charge >= 0.3 is 0 Å². The fourth-order valence-electron chi connectivity index (χ4n) is 4.56. The largest absolute Gasteiger partial charge is 0.349 e. The van der Waals surface area contributed by atoms with Crippen LogP contribution in [-0.2, 0) is 11.3 Å². The molecule has 1 aromatic heterocycles. The molecule has 5 rings (SSSR count). The molecule has 1 aliphatic rings. The maximum Gasteiger partial charge on any atom is 0.262 e. The molecule has 0 radical (unpaired) electrons. The fourth-order valence-corrected chi connectivity index (χ4v) is 5.36. The van der Waals surface area contributed by atoms with Gasteiger partial charge in [0.15, 0.2) is 5.16 Å². The Balaban J connectivity index is 1.35. The smallest absolute Gasteiger partial charge is 0.262 e. The van der Waals surface area contributed by atoms with Crippen LogP contribution in [0.5, 0.6) is 0 Å². The second-order valence-corrected chi connectivity index (χ2v) is 10.2. The highest BCUT2D eigenvalue weighted by Gasteiger charge is 2.18. The molecule has 2 amide bonds. The summed E-state index contributed by atoms with van der Waals surface area (Å²) in [5, 5.41) is 6.49. The van der Waals surface area contributed by atoms with Crippen LogP contribution < -0.4 is 16.2 Å². The molecule has 1 aliphatic carbocycles. The van der Waals surface area contributed by atoms with Gasteiger partial charge < -0.3 is 10.6 Å². The molecule has 0 atom stereocenters. The standard InChI is InChI=1S/C29H27FN4O3S/c30-23-10-4-6-12-25(23)32-26(35)18-38-29-33-24-11-5-3-9-22(24)28(37)34(29)17-19-13-15-20(16-14-19)27(36)31-21-7-1-2-8-21/h3-6,9-16,21H,1-2,7-8,17-18H2,(H,31,36)(H,32,35). The van der Waals surface area contributed by atoms with Crippen molar-refractivity contribution in [2.24, 2.45) is 0 Å². The molecule has 0 unspecified atom stereocenters. The number of carbonyl (C=O) groups is 2. The first-order valence-electron chi connectivity index (χ1n) is 12.5. The van der Waals surface area contributed by atoms with Crippen LogP contribution in [0, 0.1) is 5.82 Å². The van der Waals surface area contributed by atoms with E-state index in [1.807, 2.05) is 12.1 Å². The summed E-state index contributed by atoms with van der Waals surface area (Å²) >= 11 is 1.11. The highest BCUT2D eigenvalue weighted by Crippen LogP contribution is 2.21. The molecule has 194 valence electrons. The van der Waals surface area contributed by atoms with Crippen LogP contribution in [0.1, 0.15) is 41.6 Å². The lowest BCUT2D eigenvalue weighted by Crippen LogP contribution is -2.32. The number of amides is 2. The summed E-state index contributed by atoms with van der Waals surface area (Å²) in [5.41, 5.74) is 1.79. The van der Waals surface area contributed by atoms with Gasteiger partial charge in [-0.2, -0.15) is 0 Å². The quantitative estimate of drug-likeness (QED) is 0.247. The minimum atomic E-state index is -0.521. The van der Waals surface area contributed by atoms with Crippen LogP contribution in [0.3, 0.4) is 0 Å². The van der Waals surface area contributed by atoms with Gasteiger partial charge in [0.2, 0.25) is 5.91 Å². The molecule has 2 N–H and O–H groups in total. The van der Waals surface area contributed by atoms with Crippen molar-refractivity contribution < 1.29 is 14.0 Å². The maximum atomic E-state index is 13.9. The zero-order valence-electron chi connectivity index (χ0n) is 20.7. The highest BCUT2D eigenvalue weighted by atomic mass is 32.2. The molecule has 0 aliphatic heterocycles. The van der Waals surface area contributed by atoms with Crippen LogP contribution >= 0.6 is 11.8 Å². The predicted octanol–water partition coefficient (Wildman–Crippen LogP) is 4.99. The van der Waals surface area contributed by atoms with Crippen molar-refractivity contribution in [3.8, 4) is 0 Å². The summed E-state index contributed by atoms with van der Waals surface area (Å²) in [7, 11) is 0. The molecule has 1 saturated carbocycles.